The highest BCUT2D eigenvalue weighted by molar-refractivity contribution is 7.15. The number of carbonyl (C=O) groups excluding carboxylic acids is 3. The molecule has 1 aromatic heterocycles. The first-order chi connectivity index (χ1) is 12.4. The summed E-state index contributed by atoms with van der Waals surface area (Å²) in [6, 6.07) is 7.28. The Labute approximate surface area is 155 Å². The fraction of sp³-hybridized carbons (Fsp3) is 0.333. The van der Waals surface area contributed by atoms with Crippen LogP contribution in [0.4, 0.5) is 5.13 Å². The Morgan fingerprint density at radius 3 is 2.69 bits per heavy atom. The highest BCUT2D eigenvalue weighted by Gasteiger charge is 2.30. The van der Waals surface area contributed by atoms with E-state index in [0.29, 0.717) is 22.8 Å². The lowest BCUT2D eigenvalue weighted by Crippen LogP contribution is -2.37. The van der Waals surface area contributed by atoms with Gasteiger partial charge in [0.15, 0.2) is 5.13 Å². The van der Waals surface area contributed by atoms with E-state index < -0.39 is 11.8 Å². The first-order valence-electron chi connectivity index (χ1n) is 8.37. The fourth-order valence-corrected chi connectivity index (χ4v) is 3.96. The highest BCUT2D eigenvalue weighted by atomic mass is 32.1. The number of benzene rings is 1. The van der Waals surface area contributed by atoms with Crippen molar-refractivity contribution in [3.63, 3.8) is 0 Å². The van der Waals surface area contributed by atoms with Crippen molar-refractivity contribution in [2.24, 2.45) is 5.73 Å². The van der Waals surface area contributed by atoms with Gasteiger partial charge >= 0.3 is 0 Å². The van der Waals surface area contributed by atoms with Crippen LogP contribution < -0.4 is 16.4 Å². The van der Waals surface area contributed by atoms with Crippen molar-refractivity contribution >= 4 is 34.2 Å². The van der Waals surface area contributed by atoms with Gasteiger partial charge in [0.05, 0.1) is 18.2 Å². The standard InChI is InChI=1S/C18H20N4O3S/c1-10-5-7-11(8-6-10)16(24)22-18-21-15-12(3-2-4-13(15)26-18)17(25)20-9-14(19)23/h5-8,12H,2-4,9H2,1H3,(H2,19,23)(H,20,25)(H,21,22,24). The van der Waals surface area contributed by atoms with Gasteiger partial charge in [0.25, 0.3) is 5.91 Å². The van der Waals surface area contributed by atoms with Crippen LogP contribution in [0, 0.1) is 6.92 Å². The molecule has 7 nitrogen and oxygen atoms in total. The first-order valence-corrected chi connectivity index (χ1v) is 9.19. The lowest BCUT2D eigenvalue weighted by Gasteiger charge is -2.19. The summed E-state index contributed by atoms with van der Waals surface area (Å²) in [6.07, 6.45) is 2.34. The maximum Gasteiger partial charge on any atom is 0.257 e. The lowest BCUT2D eigenvalue weighted by molar-refractivity contribution is -0.126. The normalized spacial score (nSPS) is 15.8. The van der Waals surface area contributed by atoms with Crippen molar-refractivity contribution in [3.05, 3.63) is 46.0 Å². The van der Waals surface area contributed by atoms with E-state index in [0.717, 1.165) is 23.3 Å². The van der Waals surface area contributed by atoms with Crippen LogP contribution in [0.2, 0.25) is 0 Å². The van der Waals surface area contributed by atoms with E-state index in [9.17, 15) is 14.4 Å². The molecule has 4 N–H and O–H groups in total. The minimum absolute atomic E-state index is 0.189. The van der Waals surface area contributed by atoms with Gasteiger partial charge in [-0.1, -0.05) is 17.7 Å². The first kappa shape index (κ1) is 18.1. The lowest BCUT2D eigenvalue weighted by atomic mass is 9.90. The van der Waals surface area contributed by atoms with Crippen LogP contribution in [0.15, 0.2) is 24.3 Å². The molecule has 1 unspecified atom stereocenters. The number of aryl methyl sites for hydroxylation is 2. The van der Waals surface area contributed by atoms with Crippen molar-refractivity contribution in [1.29, 1.82) is 0 Å². The molecule has 3 amide bonds. The van der Waals surface area contributed by atoms with Crippen molar-refractivity contribution in [2.45, 2.75) is 32.1 Å². The maximum absolute atomic E-state index is 12.4. The van der Waals surface area contributed by atoms with Crippen LogP contribution >= 0.6 is 11.3 Å². The maximum atomic E-state index is 12.4. The van der Waals surface area contributed by atoms with Crippen LogP contribution in [0.25, 0.3) is 0 Å². The molecule has 1 heterocycles. The topological polar surface area (TPSA) is 114 Å². The van der Waals surface area contributed by atoms with Gasteiger partial charge in [0, 0.05) is 10.4 Å². The van der Waals surface area contributed by atoms with E-state index >= 15 is 0 Å². The molecule has 136 valence electrons. The Hall–Kier alpha value is -2.74. The summed E-state index contributed by atoms with van der Waals surface area (Å²) in [7, 11) is 0. The summed E-state index contributed by atoms with van der Waals surface area (Å²) >= 11 is 1.39. The van der Waals surface area contributed by atoms with Crippen molar-refractivity contribution in [1.82, 2.24) is 10.3 Å². The predicted octanol–water partition coefficient (Wildman–Crippen LogP) is 1.73. The molecule has 3 rings (SSSR count). The van der Waals surface area contributed by atoms with E-state index in [2.05, 4.69) is 15.6 Å². The quantitative estimate of drug-likeness (QED) is 0.741. The van der Waals surface area contributed by atoms with E-state index in [1.807, 2.05) is 19.1 Å². The third kappa shape index (κ3) is 4.08. The van der Waals surface area contributed by atoms with Gasteiger partial charge in [0.1, 0.15) is 0 Å². The van der Waals surface area contributed by atoms with Gasteiger partial charge in [-0.2, -0.15) is 0 Å². The molecule has 0 fully saturated rings. The van der Waals surface area contributed by atoms with Gasteiger partial charge in [0.2, 0.25) is 11.8 Å². The molecular weight excluding hydrogens is 352 g/mol. The number of carbonyl (C=O) groups is 3. The second kappa shape index (κ2) is 7.65. The Bertz CT molecular complexity index is 845. The van der Waals surface area contributed by atoms with E-state index in [4.69, 9.17) is 5.73 Å². The summed E-state index contributed by atoms with van der Waals surface area (Å²) in [5.41, 5.74) is 7.39. The van der Waals surface area contributed by atoms with Gasteiger partial charge in [-0.3, -0.25) is 19.7 Å². The monoisotopic (exact) mass is 372 g/mol. The zero-order valence-corrected chi connectivity index (χ0v) is 15.2. The molecule has 0 spiro atoms. The van der Waals surface area contributed by atoms with Crippen LogP contribution in [0.1, 0.15) is 45.3 Å². The second-order valence-corrected chi connectivity index (χ2v) is 7.36. The predicted molar refractivity (Wildman–Crippen MR) is 99.1 cm³/mol. The van der Waals surface area contributed by atoms with E-state index in [1.165, 1.54) is 11.3 Å². The number of hydrogen-bond acceptors (Lipinski definition) is 5. The Morgan fingerprint density at radius 2 is 2.00 bits per heavy atom. The summed E-state index contributed by atoms with van der Waals surface area (Å²) in [6.45, 7) is 1.77. The number of rotatable bonds is 5. The third-order valence-electron chi connectivity index (χ3n) is 4.24. The molecule has 0 saturated carbocycles. The molecule has 8 heteroatoms. The highest BCUT2D eigenvalue weighted by Crippen LogP contribution is 2.36. The minimum Gasteiger partial charge on any atom is -0.368 e. The third-order valence-corrected chi connectivity index (χ3v) is 5.29. The molecule has 26 heavy (non-hydrogen) atoms. The van der Waals surface area contributed by atoms with Gasteiger partial charge in [-0.15, -0.1) is 11.3 Å². The minimum atomic E-state index is -0.585. The zero-order chi connectivity index (χ0) is 18.7. The fourth-order valence-electron chi connectivity index (χ4n) is 2.90. The molecule has 0 bridgehead atoms. The Balaban J connectivity index is 1.74. The van der Waals surface area contributed by atoms with Crippen molar-refractivity contribution in [2.75, 3.05) is 11.9 Å². The summed E-state index contributed by atoms with van der Waals surface area (Å²) in [4.78, 5) is 41.0. The number of nitrogens with two attached hydrogens (primary N) is 1. The van der Waals surface area contributed by atoms with Crippen LogP contribution in [-0.4, -0.2) is 29.3 Å². The molecule has 0 radical (unpaired) electrons. The van der Waals surface area contributed by atoms with Crippen LogP contribution in [-0.2, 0) is 16.0 Å². The molecule has 1 aromatic carbocycles. The summed E-state index contributed by atoms with van der Waals surface area (Å²) in [5.74, 6) is -1.49. The van der Waals surface area contributed by atoms with Crippen molar-refractivity contribution in [3.8, 4) is 0 Å². The average Bonchev–Trinajstić information content (AvgIpc) is 3.02. The number of hydrogen-bond donors (Lipinski definition) is 3. The van der Waals surface area contributed by atoms with Crippen LogP contribution in [0.5, 0.6) is 0 Å². The number of thiazole rings is 1. The molecule has 1 atom stereocenters. The number of nitrogens with zero attached hydrogens (tertiary/aromatic N) is 1. The molecule has 2 aromatic rings. The summed E-state index contributed by atoms with van der Waals surface area (Å²) in [5, 5.41) is 5.83. The average molecular weight is 372 g/mol. The van der Waals surface area contributed by atoms with Crippen molar-refractivity contribution < 1.29 is 14.4 Å². The van der Waals surface area contributed by atoms with Gasteiger partial charge in [-0.25, -0.2) is 4.98 Å². The Kier molecular flexibility index (Phi) is 5.32. The molecule has 1 aliphatic carbocycles. The Morgan fingerprint density at radius 1 is 1.27 bits per heavy atom. The number of primary amides is 1. The number of fused-ring (bicyclic) bond motifs is 1. The zero-order valence-electron chi connectivity index (χ0n) is 14.4. The number of amides is 3. The van der Waals surface area contributed by atoms with Gasteiger partial charge < -0.3 is 11.1 Å². The SMILES string of the molecule is Cc1ccc(C(=O)Nc2nc3c(s2)CCCC3C(=O)NCC(N)=O)cc1. The largest absolute Gasteiger partial charge is 0.368 e. The molecule has 0 saturated heterocycles. The molecule has 0 aliphatic heterocycles. The van der Waals surface area contributed by atoms with Crippen LogP contribution in [0.3, 0.4) is 0 Å². The molecular formula is C18H20N4O3S. The smallest absolute Gasteiger partial charge is 0.257 e. The summed E-state index contributed by atoms with van der Waals surface area (Å²) < 4.78 is 0. The van der Waals surface area contributed by atoms with E-state index in [-0.39, 0.29) is 18.4 Å². The number of aromatic nitrogens is 1. The van der Waals surface area contributed by atoms with E-state index in [1.54, 1.807) is 12.1 Å². The van der Waals surface area contributed by atoms with Gasteiger partial charge in [-0.05, 0) is 38.3 Å². The molecule has 1 aliphatic rings. The second-order valence-electron chi connectivity index (χ2n) is 6.28. The number of anilines is 1. The number of nitrogens with one attached hydrogen (secondary N) is 2.